The Morgan fingerprint density at radius 1 is 1.71 bits per heavy atom. The summed E-state index contributed by atoms with van der Waals surface area (Å²) < 4.78 is 5.92. The molecule has 0 spiro atoms. The fraction of sp³-hybridized carbons (Fsp3) is 0.571. The number of esters is 1. The molecule has 0 aliphatic carbocycles. The second-order valence-electron chi connectivity index (χ2n) is 2.42. The number of hydrogen-bond acceptors (Lipinski definition) is 5. The van der Waals surface area contributed by atoms with Gasteiger partial charge in [-0.25, -0.2) is 9.89 Å². The Bertz CT molecular complexity index is 371. The molecule has 0 amide bonds. The molecule has 1 aromatic rings. The van der Waals surface area contributed by atoms with Crippen molar-refractivity contribution in [1.82, 2.24) is 14.8 Å². The lowest BCUT2D eigenvalue weighted by atomic mass is 10.7. The van der Waals surface area contributed by atoms with Crippen LogP contribution in [0.5, 0.6) is 0 Å². The lowest BCUT2D eigenvalue weighted by Gasteiger charge is -2.00. The van der Waals surface area contributed by atoms with Gasteiger partial charge in [-0.15, -0.1) is 5.10 Å². The summed E-state index contributed by atoms with van der Waals surface area (Å²) in [7, 11) is 1.32. The van der Waals surface area contributed by atoms with Crippen LogP contribution in [0.3, 0.4) is 0 Å². The quantitative estimate of drug-likeness (QED) is 0.561. The minimum Gasteiger partial charge on any atom is -0.468 e. The molecule has 78 valence electrons. The zero-order valence-corrected chi connectivity index (χ0v) is 8.76. The molecule has 7 heteroatoms. The number of methoxy groups -OCH3 is 1. The standard InChI is InChI=1S/C7H11N3O3S/c1-3-10-6(12)8-9-7(10)14-4-5(11)13-2/h3-4H2,1-2H3,(H,8,12). The summed E-state index contributed by atoms with van der Waals surface area (Å²) in [4.78, 5) is 21.9. The predicted molar refractivity (Wildman–Crippen MR) is 51.3 cm³/mol. The molecule has 6 nitrogen and oxygen atoms in total. The molecule has 1 aromatic heterocycles. The lowest BCUT2D eigenvalue weighted by Crippen LogP contribution is -2.16. The molecule has 0 saturated heterocycles. The highest BCUT2D eigenvalue weighted by atomic mass is 32.2. The fourth-order valence-electron chi connectivity index (χ4n) is 0.875. The van der Waals surface area contributed by atoms with Crippen LogP contribution in [0.1, 0.15) is 6.92 Å². The molecule has 0 fully saturated rings. The molecule has 14 heavy (non-hydrogen) atoms. The van der Waals surface area contributed by atoms with Crippen molar-refractivity contribution in [2.45, 2.75) is 18.6 Å². The number of aromatic nitrogens is 3. The van der Waals surface area contributed by atoms with Gasteiger partial charge in [0.1, 0.15) is 0 Å². The van der Waals surface area contributed by atoms with E-state index in [-0.39, 0.29) is 17.4 Å². The number of H-pyrrole nitrogens is 1. The summed E-state index contributed by atoms with van der Waals surface area (Å²) >= 11 is 1.17. The second kappa shape index (κ2) is 4.85. The van der Waals surface area contributed by atoms with Gasteiger partial charge >= 0.3 is 11.7 Å². The van der Waals surface area contributed by atoms with Crippen molar-refractivity contribution in [3.63, 3.8) is 0 Å². The summed E-state index contributed by atoms with van der Waals surface area (Å²) in [5, 5.41) is 6.59. The first kappa shape index (κ1) is 10.8. The van der Waals surface area contributed by atoms with Gasteiger partial charge in [-0.2, -0.15) is 0 Å². The molecule has 0 aliphatic heterocycles. The Hall–Kier alpha value is -1.24. The van der Waals surface area contributed by atoms with Gasteiger partial charge in [-0.1, -0.05) is 11.8 Å². The molecule has 0 bridgehead atoms. The van der Waals surface area contributed by atoms with E-state index >= 15 is 0 Å². The summed E-state index contributed by atoms with van der Waals surface area (Å²) in [5.41, 5.74) is -0.264. The maximum Gasteiger partial charge on any atom is 0.343 e. The highest BCUT2D eigenvalue weighted by molar-refractivity contribution is 7.99. The third kappa shape index (κ3) is 2.38. The van der Waals surface area contributed by atoms with Crippen LogP contribution in [-0.2, 0) is 16.1 Å². The smallest absolute Gasteiger partial charge is 0.343 e. The monoisotopic (exact) mass is 217 g/mol. The van der Waals surface area contributed by atoms with Gasteiger partial charge < -0.3 is 4.74 Å². The van der Waals surface area contributed by atoms with Crippen LogP contribution in [0, 0.1) is 0 Å². The number of carbonyl (C=O) groups is 1. The van der Waals surface area contributed by atoms with Crippen molar-refractivity contribution in [2.75, 3.05) is 12.9 Å². The van der Waals surface area contributed by atoms with Gasteiger partial charge in [0.05, 0.1) is 12.9 Å². The number of nitrogens with one attached hydrogen (secondary N) is 1. The Morgan fingerprint density at radius 2 is 2.43 bits per heavy atom. The van der Waals surface area contributed by atoms with Gasteiger partial charge in [0.15, 0.2) is 5.16 Å². The molecule has 0 saturated carbocycles. The molecule has 1 heterocycles. The predicted octanol–water partition coefficient (Wildman–Crippen LogP) is -0.144. The van der Waals surface area contributed by atoms with Crippen molar-refractivity contribution < 1.29 is 9.53 Å². The van der Waals surface area contributed by atoms with Crippen molar-refractivity contribution in [3.8, 4) is 0 Å². The van der Waals surface area contributed by atoms with Crippen LogP contribution in [0.4, 0.5) is 0 Å². The van der Waals surface area contributed by atoms with E-state index in [4.69, 9.17) is 0 Å². The number of ether oxygens (including phenoxy) is 1. The topological polar surface area (TPSA) is 77.0 Å². The molecule has 0 aromatic carbocycles. The largest absolute Gasteiger partial charge is 0.468 e. The number of carbonyl (C=O) groups excluding carboxylic acids is 1. The van der Waals surface area contributed by atoms with Gasteiger partial charge in [0.25, 0.3) is 0 Å². The van der Waals surface area contributed by atoms with Crippen LogP contribution in [0.15, 0.2) is 9.95 Å². The summed E-state index contributed by atoms with van der Waals surface area (Å²) in [5.74, 6) is -0.186. The fourth-order valence-corrected chi connectivity index (χ4v) is 1.72. The van der Waals surface area contributed by atoms with E-state index in [1.165, 1.54) is 23.4 Å². The summed E-state index contributed by atoms with van der Waals surface area (Å²) in [6.07, 6.45) is 0. The average molecular weight is 217 g/mol. The van der Waals surface area contributed by atoms with Gasteiger partial charge in [-0.05, 0) is 6.92 Å². The van der Waals surface area contributed by atoms with E-state index in [9.17, 15) is 9.59 Å². The number of hydrogen-bond donors (Lipinski definition) is 1. The first-order valence-electron chi connectivity index (χ1n) is 4.03. The molecule has 0 aliphatic rings. The minimum atomic E-state index is -0.340. The maximum atomic E-state index is 11.1. The van der Waals surface area contributed by atoms with Crippen LogP contribution in [-0.4, -0.2) is 33.6 Å². The SMILES string of the molecule is CCn1c(SCC(=O)OC)n[nH]c1=O. The minimum absolute atomic E-state index is 0.154. The molecule has 1 N–H and O–H groups in total. The van der Waals surface area contributed by atoms with E-state index in [1.54, 1.807) is 0 Å². The van der Waals surface area contributed by atoms with E-state index in [2.05, 4.69) is 14.9 Å². The highest BCUT2D eigenvalue weighted by Gasteiger charge is 2.09. The van der Waals surface area contributed by atoms with E-state index in [0.29, 0.717) is 11.7 Å². The summed E-state index contributed by atoms with van der Waals surface area (Å²) in [6.45, 7) is 2.36. The normalized spacial score (nSPS) is 10.1. The number of thioether (sulfide) groups is 1. The van der Waals surface area contributed by atoms with Gasteiger partial charge in [-0.3, -0.25) is 9.36 Å². The zero-order valence-electron chi connectivity index (χ0n) is 7.94. The first-order chi connectivity index (χ1) is 6.69. The molecule has 0 atom stereocenters. The van der Waals surface area contributed by atoms with Crippen LogP contribution >= 0.6 is 11.8 Å². The lowest BCUT2D eigenvalue weighted by molar-refractivity contribution is -0.137. The number of aromatic amines is 1. The number of rotatable bonds is 4. The van der Waals surface area contributed by atoms with Crippen molar-refractivity contribution in [3.05, 3.63) is 10.5 Å². The van der Waals surface area contributed by atoms with Crippen LogP contribution in [0.2, 0.25) is 0 Å². The third-order valence-corrected chi connectivity index (χ3v) is 2.54. The van der Waals surface area contributed by atoms with E-state index < -0.39 is 0 Å². The van der Waals surface area contributed by atoms with Gasteiger partial charge in [0, 0.05) is 6.54 Å². The number of nitrogens with zero attached hydrogens (tertiary/aromatic N) is 2. The Labute approximate surface area is 84.6 Å². The molecular weight excluding hydrogens is 206 g/mol. The Balaban J connectivity index is 2.67. The zero-order chi connectivity index (χ0) is 10.6. The average Bonchev–Trinajstić information content (AvgIpc) is 2.55. The summed E-state index contributed by atoms with van der Waals surface area (Å²) in [6, 6.07) is 0. The van der Waals surface area contributed by atoms with Crippen LogP contribution in [0.25, 0.3) is 0 Å². The maximum absolute atomic E-state index is 11.1. The molecule has 0 unspecified atom stereocenters. The Morgan fingerprint density at radius 3 is 3.00 bits per heavy atom. The van der Waals surface area contributed by atoms with Crippen LogP contribution < -0.4 is 5.69 Å². The Kier molecular flexibility index (Phi) is 3.75. The van der Waals surface area contributed by atoms with Crippen molar-refractivity contribution in [2.24, 2.45) is 0 Å². The molecular formula is C7H11N3O3S. The van der Waals surface area contributed by atoms with Gasteiger partial charge in [0.2, 0.25) is 0 Å². The first-order valence-corrected chi connectivity index (χ1v) is 5.02. The van der Waals surface area contributed by atoms with Crippen molar-refractivity contribution in [1.29, 1.82) is 0 Å². The highest BCUT2D eigenvalue weighted by Crippen LogP contribution is 2.12. The molecule has 1 rings (SSSR count). The third-order valence-electron chi connectivity index (χ3n) is 1.59. The second-order valence-corrected chi connectivity index (χ2v) is 3.36. The molecule has 0 radical (unpaired) electrons. The van der Waals surface area contributed by atoms with E-state index in [1.807, 2.05) is 6.92 Å². The van der Waals surface area contributed by atoms with Crippen molar-refractivity contribution >= 4 is 17.7 Å². The van der Waals surface area contributed by atoms with E-state index in [0.717, 1.165) is 0 Å².